The lowest BCUT2D eigenvalue weighted by Crippen LogP contribution is -2.32. The summed E-state index contributed by atoms with van der Waals surface area (Å²) in [6.45, 7) is 4.06. The minimum Gasteiger partial charge on any atom is -0.326 e. The van der Waals surface area contributed by atoms with E-state index in [4.69, 9.17) is 17.3 Å². The van der Waals surface area contributed by atoms with Gasteiger partial charge >= 0.3 is 0 Å². The minimum atomic E-state index is 0.0165. The first-order chi connectivity index (χ1) is 8.61. The Morgan fingerprint density at radius 3 is 2.72 bits per heavy atom. The van der Waals surface area contributed by atoms with Crippen LogP contribution in [-0.2, 0) is 0 Å². The molecule has 0 aliphatic rings. The molecule has 0 amide bonds. The maximum atomic E-state index is 6.24. The molecular weight excluding hydrogens is 246 g/mol. The Bertz CT molecular complexity index is 521. The first-order valence-electron chi connectivity index (χ1n) is 6.14. The molecule has 0 bridgehead atoms. The van der Waals surface area contributed by atoms with Crippen LogP contribution in [0.2, 0.25) is 5.02 Å². The van der Waals surface area contributed by atoms with Crippen LogP contribution in [0, 0.1) is 6.92 Å². The second kappa shape index (κ2) is 5.55. The molecule has 1 aromatic heterocycles. The number of benzene rings is 1. The maximum absolute atomic E-state index is 6.24. The number of nitrogens with two attached hydrogens (primary N) is 1. The predicted molar refractivity (Wildman–Crippen MR) is 74.8 cm³/mol. The van der Waals surface area contributed by atoms with E-state index >= 15 is 0 Å². The molecule has 2 unspecified atom stereocenters. The van der Waals surface area contributed by atoms with Crippen LogP contribution < -0.4 is 5.73 Å². The molecule has 0 radical (unpaired) electrons. The smallest absolute Gasteiger partial charge is 0.0919 e. The number of nitrogens with zero attached hydrogens (tertiary/aromatic N) is 2. The highest BCUT2D eigenvalue weighted by Gasteiger charge is 2.21. The molecule has 1 aromatic carbocycles. The Kier molecular flexibility index (Phi) is 4.04. The molecule has 0 saturated carbocycles. The fourth-order valence-corrected chi connectivity index (χ4v) is 2.30. The molecule has 2 atom stereocenters. The summed E-state index contributed by atoms with van der Waals surface area (Å²) < 4.78 is 1.93. The van der Waals surface area contributed by atoms with Crippen LogP contribution in [-0.4, -0.2) is 15.8 Å². The fourth-order valence-electron chi connectivity index (χ4n) is 2.10. The molecule has 1 heterocycles. The van der Waals surface area contributed by atoms with Gasteiger partial charge in [0.05, 0.1) is 11.7 Å². The number of aryl methyl sites for hydroxylation is 1. The van der Waals surface area contributed by atoms with Crippen molar-refractivity contribution in [1.82, 2.24) is 9.78 Å². The van der Waals surface area contributed by atoms with Gasteiger partial charge in [-0.05, 0) is 37.1 Å². The Labute approximate surface area is 113 Å². The molecule has 0 spiro atoms. The van der Waals surface area contributed by atoms with Crippen LogP contribution in [0.4, 0.5) is 0 Å². The lowest BCUT2D eigenvalue weighted by molar-refractivity contribution is 0.422. The largest absolute Gasteiger partial charge is 0.326 e. The molecule has 3 nitrogen and oxygen atoms in total. The zero-order valence-corrected chi connectivity index (χ0v) is 11.4. The second-order valence-electron chi connectivity index (χ2n) is 4.51. The van der Waals surface area contributed by atoms with E-state index in [1.807, 2.05) is 48.1 Å². The molecule has 96 valence electrons. The SMILES string of the molecule is CCC(N)C(c1cccc(Cl)c1)n1ccc(C)n1. The third-order valence-corrected chi connectivity index (χ3v) is 3.33. The molecule has 4 heteroatoms. The average molecular weight is 264 g/mol. The molecule has 18 heavy (non-hydrogen) atoms. The number of halogens is 1. The lowest BCUT2D eigenvalue weighted by atomic mass is 9.98. The van der Waals surface area contributed by atoms with Gasteiger partial charge in [-0.15, -0.1) is 0 Å². The fraction of sp³-hybridized carbons (Fsp3) is 0.357. The van der Waals surface area contributed by atoms with Gasteiger partial charge in [0.15, 0.2) is 0 Å². The molecule has 0 saturated heterocycles. The third kappa shape index (κ3) is 2.74. The monoisotopic (exact) mass is 263 g/mol. The van der Waals surface area contributed by atoms with Gasteiger partial charge in [0, 0.05) is 17.3 Å². The number of hydrogen-bond donors (Lipinski definition) is 1. The van der Waals surface area contributed by atoms with Crippen molar-refractivity contribution in [2.24, 2.45) is 5.73 Å². The molecule has 0 fully saturated rings. The Morgan fingerprint density at radius 1 is 1.39 bits per heavy atom. The van der Waals surface area contributed by atoms with Gasteiger partial charge in [0.2, 0.25) is 0 Å². The molecule has 0 aliphatic heterocycles. The maximum Gasteiger partial charge on any atom is 0.0919 e. The summed E-state index contributed by atoms with van der Waals surface area (Å²) >= 11 is 6.06. The van der Waals surface area contributed by atoms with Crippen molar-refractivity contribution in [3.05, 3.63) is 52.8 Å². The summed E-state index contributed by atoms with van der Waals surface area (Å²) in [7, 11) is 0. The van der Waals surface area contributed by atoms with Crippen molar-refractivity contribution in [2.45, 2.75) is 32.4 Å². The molecular formula is C14H18ClN3. The molecule has 2 rings (SSSR count). The summed E-state index contributed by atoms with van der Waals surface area (Å²) in [6, 6.07) is 9.85. The van der Waals surface area contributed by atoms with Gasteiger partial charge in [-0.1, -0.05) is 30.7 Å². The molecule has 0 aliphatic carbocycles. The van der Waals surface area contributed by atoms with Gasteiger partial charge in [-0.2, -0.15) is 5.10 Å². The van der Waals surface area contributed by atoms with Crippen LogP contribution in [0.1, 0.15) is 30.6 Å². The second-order valence-corrected chi connectivity index (χ2v) is 4.95. The highest BCUT2D eigenvalue weighted by Crippen LogP contribution is 2.24. The topological polar surface area (TPSA) is 43.8 Å². The van der Waals surface area contributed by atoms with E-state index < -0.39 is 0 Å². The number of hydrogen-bond acceptors (Lipinski definition) is 2. The van der Waals surface area contributed by atoms with Crippen LogP contribution in [0.5, 0.6) is 0 Å². The first-order valence-corrected chi connectivity index (χ1v) is 6.52. The Morgan fingerprint density at radius 2 is 2.17 bits per heavy atom. The van der Waals surface area contributed by atoms with Crippen molar-refractivity contribution < 1.29 is 0 Å². The molecule has 2 N–H and O–H groups in total. The number of aromatic nitrogens is 2. The summed E-state index contributed by atoms with van der Waals surface area (Å²) in [5.41, 5.74) is 8.32. The highest BCUT2D eigenvalue weighted by atomic mass is 35.5. The van der Waals surface area contributed by atoms with Gasteiger partial charge in [0.1, 0.15) is 0 Å². The zero-order valence-electron chi connectivity index (χ0n) is 10.7. The quantitative estimate of drug-likeness (QED) is 0.921. The van der Waals surface area contributed by atoms with Crippen molar-refractivity contribution in [3.63, 3.8) is 0 Å². The van der Waals surface area contributed by atoms with E-state index in [1.165, 1.54) is 0 Å². The van der Waals surface area contributed by atoms with Crippen LogP contribution in [0.15, 0.2) is 36.5 Å². The Hall–Kier alpha value is -1.32. The number of rotatable bonds is 4. The van der Waals surface area contributed by atoms with Crippen molar-refractivity contribution in [1.29, 1.82) is 0 Å². The summed E-state index contributed by atoms with van der Waals surface area (Å²) in [4.78, 5) is 0. The first kappa shape index (κ1) is 13.1. The van der Waals surface area contributed by atoms with E-state index in [0.717, 1.165) is 22.7 Å². The van der Waals surface area contributed by atoms with E-state index in [2.05, 4.69) is 12.0 Å². The van der Waals surface area contributed by atoms with Gasteiger partial charge in [-0.25, -0.2) is 0 Å². The van der Waals surface area contributed by atoms with Crippen LogP contribution in [0.3, 0.4) is 0 Å². The Balaban J connectivity index is 2.43. The summed E-state index contributed by atoms with van der Waals surface area (Å²) in [6.07, 6.45) is 2.85. The van der Waals surface area contributed by atoms with E-state index in [1.54, 1.807) is 0 Å². The predicted octanol–water partition coefficient (Wildman–Crippen LogP) is 3.17. The summed E-state index contributed by atoms with van der Waals surface area (Å²) in [5.74, 6) is 0. The minimum absolute atomic E-state index is 0.0165. The average Bonchev–Trinajstić information content (AvgIpc) is 2.76. The van der Waals surface area contributed by atoms with Crippen molar-refractivity contribution in [2.75, 3.05) is 0 Å². The van der Waals surface area contributed by atoms with Crippen LogP contribution in [0.25, 0.3) is 0 Å². The van der Waals surface area contributed by atoms with Crippen molar-refractivity contribution in [3.8, 4) is 0 Å². The van der Waals surface area contributed by atoms with E-state index in [0.29, 0.717) is 0 Å². The van der Waals surface area contributed by atoms with E-state index in [-0.39, 0.29) is 12.1 Å². The highest BCUT2D eigenvalue weighted by molar-refractivity contribution is 6.30. The van der Waals surface area contributed by atoms with Crippen molar-refractivity contribution >= 4 is 11.6 Å². The van der Waals surface area contributed by atoms with E-state index in [9.17, 15) is 0 Å². The zero-order chi connectivity index (χ0) is 13.1. The standard InChI is InChI=1S/C14H18ClN3/c1-3-13(16)14(18-8-7-10(2)17-18)11-5-4-6-12(15)9-11/h4-9,13-14H,3,16H2,1-2H3. The normalized spacial score (nSPS) is 14.4. The molecule has 2 aromatic rings. The third-order valence-electron chi connectivity index (χ3n) is 3.09. The van der Waals surface area contributed by atoms with Gasteiger partial charge < -0.3 is 5.73 Å². The van der Waals surface area contributed by atoms with Crippen LogP contribution >= 0.6 is 11.6 Å². The summed E-state index contributed by atoms with van der Waals surface area (Å²) in [5, 5.41) is 5.21. The van der Waals surface area contributed by atoms with Gasteiger partial charge in [-0.3, -0.25) is 4.68 Å². The van der Waals surface area contributed by atoms with Gasteiger partial charge in [0.25, 0.3) is 0 Å². The lowest BCUT2D eigenvalue weighted by Gasteiger charge is -2.24.